The Labute approximate surface area is 91.1 Å². The molecule has 0 saturated heterocycles. The zero-order valence-electron chi connectivity index (χ0n) is 8.04. The Balaban J connectivity index is 2.83. The van der Waals surface area contributed by atoms with Crippen LogP contribution in [0.2, 0.25) is 0 Å². The van der Waals surface area contributed by atoms with Crippen molar-refractivity contribution < 1.29 is 14.3 Å². The predicted octanol–water partition coefficient (Wildman–Crippen LogP) is 3.16. The van der Waals surface area contributed by atoms with E-state index in [-0.39, 0.29) is 0 Å². The first-order valence-corrected chi connectivity index (χ1v) is 5.01. The standard InChI is InChI=1S/C10H11BrO3/c1-3-7-4-5-9(8(11)6-7)14-10(12)13-2/h4-6H,3H2,1-2H3. The van der Waals surface area contributed by atoms with Gasteiger partial charge in [0.2, 0.25) is 0 Å². The minimum atomic E-state index is -0.713. The van der Waals surface area contributed by atoms with Crippen molar-refractivity contribution in [2.45, 2.75) is 13.3 Å². The third-order valence-electron chi connectivity index (χ3n) is 1.76. The van der Waals surface area contributed by atoms with E-state index in [4.69, 9.17) is 4.74 Å². The van der Waals surface area contributed by atoms with E-state index in [1.165, 1.54) is 12.7 Å². The Kier molecular flexibility index (Phi) is 3.95. The van der Waals surface area contributed by atoms with Gasteiger partial charge in [-0.1, -0.05) is 13.0 Å². The summed E-state index contributed by atoms with van der Waals surface area (Å²) in [4.78, 5) is 10.8. The Bertz CT molecular complexity index is 336. The van der Waals surface area contributed by atoms with Crippen LogP contribution in [0, 0.1) is 0 Å². The summed E-state index contributed by atoms with van der Waals surface area (Å²) in [5.41, 5.74) is 1.18. The molecule has 0 bridgehead atoms. The lowest BCUT2D eigenvalue weighted by molar-refractivity contribution is 0.121. The van der Waals surface area contributed by atoms with Crippen molar-refractivity contribution in [2.24, 2.45) is 0 Å². The topological polar surface area (TPSA) is 35.5 Å². The van der Waals surface area contributed by atoms with Crippen LogP contribution in [0.4, 0.5) is 4.79 Å². The van der Waals surface area contributed by atoms with Gasteiger partial charge in [-0.25, -0.2) is 4.79 Å². The van der Waals surface area contributed by atoms with Crippen LogP contribution in [-0.4, -0.2) is 13.3 Å². The molecule has 4 heteroatoms. The van der Waals surface area contributed by atoms with Crippen LogP contribution in [0.15, 0.2) is 22.7 Å². The summed E-state index contributed by atoms with van der Waals surface area (Å²) in [6.07, 6.45) is 0.229. The zero-order valence-corrected chi connectivity index (χ0v) is 9.63. The lowest BCUT2D eigenvalue weighted by Crippen LogP contribution is -2.07. The summed E-state index contributed by atoms with van der Waals surface area (Å²) in [6.45, 7) is 2.06. The van der Waals surface area contributed by atoms with Gasteiger partial charge in [0.25, 0.3) is 0 Å². The molecular formula is C10H11BrO3. The van der Waals surface area contributed by atoms with E-state index >= 15 is 0 Å². The Morgan fingerprint density at radius 3 is 2.71 bits per heavy atom. The van der Waals surface area contributed by atoms with E-state index < -0.39 is 6.16 Å². The second-order valence-corrected chi connectivity index (χ2v) is 3.53. The summed E-state index contributed by atoms with van der Waals surface area (Å²) in [6, 6.07) is 5.56. The number of benzene rings is 1. The maximum Gasteiger partial charge on any atom is 0.513 e. The first-order valence-electron chi connectivity index (χ1n) is 4.21. The first-order chi connectivity index (χ1) is 6.67. The molecule has 1 aromatic rings. The van der Waals surface area contributed by atoms with Crippen molar-refractivity contribution in [3.05, 3.63) is 28.2 Å². The molecule has 0 N–H and O–H groups in total. The summed E-state index contributed by atoms with van der Waals surface area (Å²) in [5.74, 6) is 0.467. The highest BCUT2D eigenvalue weighted by molar-refractivity contribution is 9.10. The SMILES string of the molecule is CCc1ccc(OC(=O)OC)c(Br)c1. The van der Waals surface area contributed by atoms with E-state index in [2.05, 4.69) is 27.6 Å². The van der Waals surface area contributed by atoms with Gasteiger partial charge in [0, 0.05) is 0 Å². The third kappa shape index (κ3) is 2.73. The van der Waals surface area contributed by atoms with Crippen molar-refractivity contribution in [3.8, 4) is 5.75 Å². The second kappa shape index (κ2) is 5.00. The number of halogens is 1. The number of hydrogen-bond acceptors (Lipinski definition) is 3. The highest BCUT2D eigenvalue weighted by atomic mass is 79.9. The lowest BCUT2D eigenvalue weighted by Gasteiger charge is -2.05. The number of aryl methyl sites for hydroxylation is 1. The van der Waals surface area contributed by atoms with Gasteiger partial charge < -0.3 is 9.47 Å². The number of ether oxygens (including phenoxy) is 2. The number of carbonyl (C=O) groups excluding carboxylic acids is 1. The molecule has 0 atom stereocenters. The van der Waals surface area contributed by atoms with Crippen molar-refractivity contribution in [1.29, 1.82) is 0 Å². The molecule has 0 aliphatic rings. The van der Waals surface area contributed by atoms with E-state index in [9.17, 15) is 4.79 Å². The molecule has 0 aliphatic heterocycles. The van der Waals surface area contributed by atoms with Gasteiger partial charge >= 0.3 is 6.16 Å². The fourth-order valence-corrected chi connectivity index (χ4v) is 1.49. The van der Waals surface area contributed by atoms with E-state index in [0.717, 1.165) is 10.9 Å². The third-order valence-corrected chi connectivity index (χ3v) is 2.38. The molecule has 0 unspecified atom stereocenters. The summed E-state index contributed by atoms with van der Waals surface area (Å²) in [7, 11) is 1.27. The van der Waals surface area contributed by atoms with E-state index in [0.29, 0.717) is 5.75 Å². The largest absolute Gasteiger partial charge is 0.513 e. The Morgan fingerprint density at radius 2 is 2.21 bits per heavy atom. The van der Waals surface area contributed by atoms with Gasteiger partial charge in [0.15, 0.2) is 0 Å². The first kappa shape index (κ1) is 11.0. The van der Waals surface area contributed by atoms with Crippen LogP contribution in [0.25, 0.3) is 0 Å². The number of hydrogen-bond donors (Lipinski definition) is 0. The van der Waals surface area contributed by atoms with Gasteiger partial charge in [0.1, 0.15) is 5.75 Å². The molecule has 0 heterocycles. The van der Waals surface area contributed by atoms with Gasteiger partial charge in [-0.3, -0.25) is 0 Å². The molecule has 0 saturated carbocycles. The average molecular weight is 259 g/mol. The van der Waals surface area contributed by atoms with Crippen molar-refractivity contribution in [1.82, 2.24) is 0 Å². The highest BCUT2D eigenvalue weighted by Gasteiger charge is 2.07. The monoisotopic (exact) mass is 258 g/mol. The van der Waals surface area contributed by atoms with Crippen LogP contribution in [-0.2, 0) is 11.2 Å². The van der Waals surface area contributed by atoms with Crippen LogP contribution in [0.3, 0.4) is 0 Å². The molecule has 1 rings (SSSR count). The fourth-order valence-electron chi connectivity index (χ4n) is 0.978. The molecular weight excluding hydrogens is 248 g/mol. The van der Waals surface area contributed by atoms with Gasteiger partial charge in [-0.2, -0.15) is 0 Å². The number of rotatable bonds is 2. The maximum absolute atomic E-state index is 10.8. The van der Waals surface area contributed by atoms with Crippen LogP contribution >= 0.6 is 15.9 Å². The van der Waals surface area contributed by atoms with Crippen LogP contribution < -0.4 is 4.74 Å². The van der Waals surface area contributed by atoms with Crippen molar-refractivity contribution >= 4 is 22.1 Å². The Morgan fingerprint density at radius 1 is 1.50 bits per heavy atom. The lowest BCUT2D eigenvalue weighted by atomic mass is 10.2. The smallest absolute Gasteiger partial charge is 0.437 e. The average Bonchev–Trinajstić information content (AvgIpc) is 2.20. The van der Waals surface area contributed by atoms with Gasteiger partial charge in [-0.15, -0.1) is 0 Å². The molecule has 0 fully saturated rings. The van der Waals surface area contributed by atoms with Crippen LogP contribution in [0.5, 0.6) is 5.75 Å². The summed E-state index contributed by atoms with van der Waals surface area (Å²) < 4.78 is 10.0. The molecule has 0 amide bonds. The maximum atomic E-state index is 10.8. The summed E-state index contributed by atoms with van der Waals surface area (Å²) >= 11 is 3.31. The van der Waals surface area contributed by atoms with Crippen molar-refractivity contribution in [2.75, 3.05) is 7.11 Å². The molecule has 0 spiro atoms. The van der Waals surface area contributed by atoms with Crippen molar-refractivity contribution in [3.63, 3.8) is 0 Å². The fraction of sp³-hybridized carbons (Fsp3) is 0.300. The molecule has 0 radical (unpaired) electrons. The summed E-state index contributed by atoms with van der Waals surface area (Å²) in [5, 5.41) is 0. The molecule has 3 nitrogen and oxygen atoms in total. The zero-order chi connectivity index (χ0) is 10.6. The molecule has 0 aliphatic carbocycles. The van der Waals surface area contributed by atoms with Gasteiger partial charge in [0.05, 0.1) is 11.6 Å². The molecule has 1 aromatic carbocycles. The highest BCUT2D eigenvalue weighted by Crippen LogP contribution is 2.26. The quantitative estimate of drug-likeness (QED) is 0.604. The molecule has 0 aromatic heterocycles. The second-order valence-electron chi connectivity index (χ2n) is 2.67. The number of carbonyl (C=O) groups is 1. The van der Waals surface area contributed by atoms with E-state index in [1.54, 1.807) is 6.07 Å². The minimum absolute atomic E-state index is 0.467. The molecule has 14 heavy (non-hydrogen) atoms. The Hall–Kier alpha value is -1.03. The number of methoxy groups -OCH3 is 1. The van der Waals surface area contributed by atoms with Crippen LogP contribution in [0.1, 0.15) is 12.5 Å². The predicted molar refractivity (Wildman–Crippen MR) is 56.6 cm³/mol. The van der Waals surface area contributed by atoms with Gasteiger partial charge in [-0.05, 0) is 40.0 Å². The normalized spacial score (nSPS) is 9.64. The molecule has 76 valence electrons. The minimum Gasteiger partial charge on any atom is -0.437 e. The van der Waals surface area contributed by atoms with E-state index in [1.807, 2.05) is 12.1 Å².